The Kier molecular flexibility index (Phi) is 4.14. The minimum atomic E-state index is -0.605. The van der Waals surface area contributed by atoms with Gasteiger partial charge in [0.15, 0.2) is 0 Å². The number of benzene rings is 1. The molecule has 0 saturated heterocycles. The zero-order chi connectivity index (χ0) is 14.9. The van der Waals surface area contributed by atoms with Gasteiger partial charge in [-0.05, 0) is 36.8 Å². The number of thiocarbonyl (C=S) groups is 1. The van der Waals surface area contributed by atoms with Gasteiger partial charge >= 0.3 is 0 Å². The van der Waals surface area contributed by atoms with Gasteiger partial charge in [0, 0.05) is 13.6 Å². The molecule has 1 fully saturated rings. The SMILES string of the molecule is Cc1ccccc1CN(C)C(=O)C1(C(N)=S)CC(C)C1. The summed E-state index contributed by atoms with van der Waals surface area (Å²) in [6.07, 6.45) is 1.55. The molecule has 1 aromatic carbocycles. The van der Waals surface area contributed by atoms with Crippen molar-refractivity contribution in [1.82, 2.24) is 4.90 Å². The molecule has 0 heterocycles. The molecule has 1 amide bonds. The third kappa shape index (κ3) is 2.57. The maximum atomic E-state index is 12.7. The van der Waals surface area contributed by atoms with Gasteiger partial charge in [-0.1, -0.05) is 43.4 Å². The van der Waals surface area contributed by atoms with E-state index in [4.69, 9.17) is 18.0 Å². The number of carbonyl (C=O) groups is 1. The van der Waals surface area contributed by atoms with E-state index in [0.29, 0.717) is 17.5 Å². The molecule has 1 aliphatic rings. The molecule has 0 aromatic heterocycles. The second-order valence-corrected chi connectivity index (χ2v) is 6.49. The molecule has 2 rings (SSSR count). The lowest BCUT2D eigenvalue weighted by Gasteiger charge is -2.46. The summed E-state index contributed by atoms with van der Waals surface area (Å²) in [5.41, 5.74) is 7.59. The Morgan fingerprint density at radius 2 is 2.05 bits per heavy atom. The largest absolute Gasteiger partial charge is 0.392 e. The highest BCUT2D eigenvalue weighted by Gasteiger charge is 2.51. The van der Waals surface area contributed by atoms with Crippen molar-refractivity contribution in [1.29, 1.82) is 0 Å². The molecule has 0 spiro atoms. The fraction of sp³-hybridized carbons (Fsp3) is 0.500. The number of carbonyl (C=O) groups excluding carboxylic acids is 1. The van der Waals surface area contributed by atoms with E-state index in [1.807, 2.05) is 19.2 Å². The van der Waals surface area contributed by atoms with Crippen LogP contribution in [0.25, 0.3) is 0 Å². The summed E-state index contributed by atoms with van der Waals surface area (Å²) in [6, 6.07) is 8.11. The van der Waals surface area contributed by atoms with Gasteiger partial charge in [0.05, 0.1) is 10.4 Å². The lowest BCUT2D eigenvalue weighted by atomic mass is 9.61. The molecular weight excluding hydrogens is 268 g/mol. The van der Waals surface area contributed by atoms with Crippen molar-refractivity contribution in [3.05, 3.63) is 35.4 Å². The Balaban J connectivity index is 2.13. The lowest BCUT2D eigenvalue weighted by Crippen LogP contribution is -2.56. The number of nitrogens with two attached hydrogens (primary N) is 1. The molecule has 1 aliphatic carbocycles. The summed E-state index contributed by atoms with van der Waals surface area (Å²) >= 11 is 5.15. The molecule has 20 heavy (non-hydrogen) atoms. The Hall–Kier alpha value is -1.42. The second-order valence-electron chi connectivity index (χ2n) is 6.05. The molecule has 0 aliphatic heterocycles. The molecule has 1 saturated carbocycles. The maximum absolute atomic E-state index is 12.7. The number of nitrogens with zero attached hydrogens (tertiary/aromatic N) is 1. The number of amides is 1. The molecule has 0 unspecified atom stereocenters. The molecule has 0 atom stereocenters. The van der Waals surface area contributed by atoms with Gasteiger partial charge in [0.2, 0.25) is 5.91 Å². The first kappa shape index (κ1) is 15.0. The quantitative estimate of drug-likeness (QED) is 0.867. The number of rotatable bonds is 4. The molecule has 2 N–H and O–H groups in total. The first-order chi connectivity index (χ1) is 9.36. The van der Waals surface area contributed by atoms with Crippen LogP contribution in [0.2, 0.25) is 0 Å². The van der Waals surface area contributed by atoms with Crippen LogP contribution in [0.4, 0.5) is 0 Å². The predicted molar refractivity (Wildman–Crippen MR) is 85.3 cm³/mol. The average Bonchev–Trinajstić information content (AvgIpc) is 2.36. The minimum Gasteiger partial charge on any atom is -0.392 e. The van der Waals surface area contributed by atoms with E-state index in [0.717, 1.165) is 18.4 Å². The summed E-state index contributed by atoms with van der Waals surface area (Å²) < 4.78 is 0. The van der Waals surface area contributed by atoms with Crippen LogP contribution in [0.15, 0.2) is 24.3 Å². The van der Waals surface area contributed by atoms with E-state index in [1.54, 1.807) is 4.90 Å². The molecule has 3 nitrogen and oxygen atoms in total. The van der Waals surface area contributed by atoms with Crippen molar-refractivity contribution >= 4 is 23.1 Å². The monoisotopic (exact) mass is 290 g/mol. The summed E-state index contributed by atoms with van der Waals surface area (Å²) in [6.45, 7) is 4.79. The Bertz CT molecular complexity index is 535. The smallest absolute Gasteiger partial charge is 0.235 e. The van der Waals surface area contributed by atoms with E-state index >= 15 is 0 Å². The number of hydrogen-bond acceptors (Lipinski definition) is 2. The van der Waals surface area contributed by atoms with Gasteiger partial charge in [-0.2, -0.15) is 0 Å². The van der Waals surface area contributed by atoms with Crippen LogP contribution in [-0.2, 0) is 11.3 Å². The van der Waals surface area contributed by atoms with Crippen LogP contribution >= 0.6 is 12.2 Å². The molecule has 1 aromatic rings. The van der Waals surface area contributed by atoms with Crippen molar-refractivity contribution in [3.8, 4) is 0 Å². The first-order valence-corrected chi connectivity index (χ1v) is 7.37. The predicted octanol–water partition coefficient (Wildman–Crippen LogP) is 2.66. The third-order valence-electron chi connectivity index (χ3n) is 4.29. The standard InChI is InChI=1S/C16H22N2OS/c1-11-8-16(9-11,14(17)20)15(19)18(3)10-13-7-5-4-6-12(13)2/h4-7,11H,8-10H2,1-3H3,(H2,17,20). The van der Waals surface area contributed by atoms with Gasteiger partial charge in [0.1, 0.15) is 0 Å². The Labute approximate surface area is 126 Å². The van der Waals surface area contributed by atoms with Crippen molar-refractivity contribution in [3.63, 3.8) is 0 Å². The Morgan fingerprint density at radius 1 is 1.45 bits per heavy atom. The molecule has 0 radical (unpaired) electrons. The molecule has 4 heteroatoms. The van der Waals surface area contributed by atoms with Crippen LogP contribution in [0.3, 0.4) is 0 Å². The summed E-state index contributed by atoms with van der Waals surface area (Å²) in [7, 11) is 1.83. The van der Waals surface area contributed by atoms with Crippen LogP contribution in [0.5, 0.6) is 0 Å². The highest BCUT2D eigenvalue weighted by Crippen LogP contribution is 2.47. The van der Waals surface area contributed by atoms with Crippen molar-refractivity contribution in [2.45, 2.75) is 33.2 Å². The normalized spacial score (nSPS) is 24.9. The third-order valence-corrected chi connectivity index (χ3v) is 4.68. The average molecular weight is 290 g/mol. The van der Waals surface area contributed by atoms with Crippen LogP contribution < -0.4 is 5.73 Å². The fourth-order valence-corrected chi connectivity index (χ4v) is 3.35. The van der Waals surface area contributed by atoms with E-state index in [-0.39, 0.29) is 5.91 Å². The second kappa shape index (κ2) is 5.52. The first-order valence-electron chi connectivity index (χ1n) is 6.97. The Morgan fingerprint density at radius 3 is 2.55 bits per heavy atom. The summed E-state index contributed by atoms with van der Waals surface area (Å²) in [4.78, 5) is 14.8. The van der Waals surface area contributed by atoms with Gasteiger partial charge in [-0.3, -0.25) is 4.79 Å². The lowest BCUT2D eigenvalue weighted by molar-refractivity contribution is -0.143. The summed E-state index contributed by atoms with van der Waals surface area (Å²) in [5.74, 6) is 0.582. The molecule has 108 valence electrons. The number of aryl methyl sites for hydroxylation is 1. The van der Waals surface area contributed by atoms with Gasteiger partial charge in [-0.25, -0.2) is 0 Å². The minimum absolute atomic E-state index is 0.0614. The molecular formula is C16H22N2OS. The highest BCUT2D eigenvalue weighted by molar-refractivity contribution is 7.80. The van der Waals surface area contributed by atoms with Crippen molar-refractivity contribution in [2.24, 2.45) is 17.1 Å². The van der Waals surface area contributed by atoms with Crippen molar-refractivity contribution < 1.29 is 4.79 Å². The van der Waals surface area contributed by atoms with Gasteiger partial charge in [0.25, 0.3) is 0 Å². The topological polar surface area (TPSA) is 46.3 Å². The summed E-state index contributed by atoms with van der Waals surface area (Å²) in [5, 5.41) is 0. The fourth-order valence-electron chi connectivity index (χ4n) is 3.09. The van der Waals surface area contributed by atoms with E-state index in [2.05, 4.69) is 26.0 Å². The van der Waals surface area contributed by atoms with Gasteiger partial charge < -0.3 is 10.6 Å². The van der Waals surface area contributed by atoms with Crippen LogP contribution in [0.1, 0.15) is 30.9 Å². The van der Waals surface area contributed by atoms with E-state index < -0.39 is 5.41 Å². The van der Waals surface area contributed by atoms with Gasteiger partial charge in [-0.15, -0.1) is 0 Å². The zero-order valence-corrected chi connectivity index (χ0v) is 13.2. The van der Waals surface area contributed by atoms with Crippen LogP contribution in [0, 0.1) is 18.3 Å². The van der Waals surface area contributed by atoms with Crippen molar-refractivity contribution in [2.75, 3.05) is 7.05 Å². The maximum Gasteiger partial charge on any atom is 0.235 e. The molecule has 0 bridgehead atoms. The zero-order valence-electron chi connectivity index (χ0n) is 12.3. The highest BCUT2D eigenvalue weighted by atomic mass is 32.1. The van der Waals surface area contributed by atoms with Crippen LogP contribution in [-0.4, -0.2) is 22.8 Å². The van der Waals surface area contributed by atoms with E-state index in [1.165, 1.54) is 5.56 Å². The number of hydrogen-bond donors (Lipinski definition) is 1. The van der Waals surface area contributed by atoms with E-state index in [9.17, 15) is 4.79 Å².